The largest absolute Gasteiger partial charge is 0.422 e. The van der Waals surface area contributed by atoms with Crippen molar-refractivity contribution in [1.82, 2.24) is 4.98 Å². The number of pyridine rings is 1. The predicted octanol–water partition coefficient (Wildman–Crippen LogP) is 3.55. The molecular weight excluding hydrogens is 376 g/mol. The number of nitriles is 1. The van der Waals surface area contributed by atoms with Gasteiger partial charge in [-0.25, -0.2) is 9.78 Å². The Morgan fingerprint density at radius 2 is 1.75 bits per heavy atom. The number of rotatable bonds is 3. The van der Waals surface area contributed by atoms with Gasteiger partial charge < -0.3 is 14.2 Å². The summed E-state index contributed by atoms with van der Waals surface area (Å²) in [6.45, 7) is 2.85. The zero-order valence-electron chi connectivity index (χ0n) is 15.0. The molecule has 3 heterocycles. The van der Waals surface area contributed by atoms with Gasteiger partial charge in [0.2, 0.25) is 0 Å². The fourth-order valence-corrected chi connectivity index (χ4v) is 3.43. The molecular formula is C21H17ClN4O2. The zero-order chi connectivity index (χ0) is 19.5. The molecule has 0 N–H and O–H groups in total. The molecule has 1 saturated heterocycles. The van der Waals surface area contributed by atoms with Gasteiger partial charge in [-0.05, 0) is 36.4 Å². The molecule has 1 aromatic carbocycles. The van der Waals surface area contributed by atoms with Gasteiger partial charge in [0, 0.05) is 49.0 Å². The zero-order valence-corrected chi connectivity index (χ0v) is 15.8. The summed E-state index contributed by atoms with van der Waals surface area (Å²) in [5.41, 5.74) is 0.741. The number of piperazine rings is 1. The van der Waals surface area contributed by atoms with E-state index in [2.05, 4.69) is 9.88 Å². The molecule has 0 saturated carbocycles. The summed E-state index contributed by atoms with van der Waals surface area (Å²) in [4.78, 5) is 21.0. The fraction of sp³-hybridized carbons (Fsp3) is 0.190. The summed E-state index contributed by atoms with van der Waals surface area (Å²) in [5.74, 6) is 1.35. The number of nitrogens with zero attached hydrogens (tertiary/aromatic N) is 4. The molecule has 0 radical (unpaired) electrons. The Kier molecular flexibility index (Phi) is 5.00. The first-order valence-electron chi connectivity index (χ1n) is 8.91. The van der Waals surface area contributed by atoms with E-state index in [1.165, 1.54) is 0 Å². The van der Waals surface area contributed by atoms with Crippen molar-refractivity contribution in [2.45, 2.75) is 0 Å². The summed E-state index contributed by atoms with van der Waals surface area (Å²) in [6.07, 6.45) is 1.77. The lowest BCUT2D eigenvalue weighted by Gasteiger charge is -2.36. The number of hydrogen-bond acceptors (Lipinski definition) is 6. The topological polar surface area (TPSA) is 73.4 Å². The molecule has 0 atom stereocenters. The van der Waals surface area contributed by atoms with Gasteiger partial charge in [-0.2, -0.15) is 5.26 Å². The van der Waals surface area contributed by atoms with E-state index in [1.807, 2.05) is 29.2 Å². The highest BCUT2D eigenvalue weighted by molar-refractivity contribution is 6.30. The van der Waals surface area contributed by atoms with Crippen molar-refractivity contribution >= 4 is 23.1 Å². The van der Waals surface area contributed by atoms with Crippen LogP contribution >= 0.6 is 11.6 Å². The van der Waals surface area contributed by atoms with E-state index < -0.39 is 5.63 Å². The van der Waals surface area contributed by atoms with E-state index in [1.54, 1.807) is 36.5 Å². The minimum absolute atomic E-state index is 0.0315. The Labute approximate surface area is 167 Å². The highest BCUT2D eigenvalue weighted by Gasteiger charge is 2.23. The molecule has 0 spiro atoms. The van der Waals surface area contributed by atoms with E-state index in [-0.39, 0.29) is 5.56 Å². The monoisotopic (exact) mass is 392 g/mol. The molecule has 28 heavy (non-hydrogen) atoms. The molecule has 3 aromatic rings. The number of halogens is 1. The van der Waals surface area contributed by atoms with Crippen LogP contribution in [-0.4, -0.2) is 31.2 Å². The lowest BCUT2D eigenvalue weighted by Crippen LogP contribution is -2.47. The Morgan fingerprint density at radius 3 is 2.39 bits per heavy atom. The molecule has 0 aliphatic carbocycles. The van der Waals surface area contributed by atoms with E-state index >= 15 is 0 Å². The standard InChI is InChI=1S/C21H17ClN4O2/c22-16-6-4-15(5-7-16)19-13-18(17(14-23)21(27)28-19)25-9-11-26(12-10-25)20-3-1-2-8-24-20/h1-8,13H,9-12H2. The van der Waals surface area contributed by atoms with Crippen LogP contribution in [0.25, 0.3) is 11.3 Å². The Hall–Kier alpha value is -3.30. The maximum atomic E-state index is 12.4. The maximum Gasteiger partial charge on any atom is 0.356 e. The summed E-state index contributed by atoms with van der Waals surface area (Å²) in [7, 11) is 0. The molecule has 1 aliphatic rings. The molecule has 0 bridgehead atoms. The van der Waals surface area contributed by atoms with Crippen LogP contribution in [0.2, 0.25) is 5.02 Å². The first-order valence-corrected chi connectivity index (χ1v) is 9.28. The molecule has 4 rings (SSSR count). The minimum atomic E-state index is -0.628. The van der Waals surface area contributed by atoms with Gasteiger partial charge >= 0.3 is 5.63 Å². The van der Waals surface area contributed by atoms with Gasteiger partial charge in [0.1, 0.15) is 17.6 Å². The van der Waals surface area contributed by atoms with Crippen LogP contribution < -0.4 is 15.4 Å². The first kappa shape index (κ1) is 18.1. The van der Waals surface area contributed by atoms with E-state index in [0.29, 0.717) is 29.6 Å². The van der Waals surface area contributed by atoms with Crippen molar-refractivity contribution in [2.75, 3.05) is 36.0 Å². The van der Waals surface area contributed by atoms with Crippen LogP contribution in [0.15, 0.2) is 63.9 Å². The van der Waals surface area contributed by atoms with Crippen LogP contribution in [0.4, 0.5) is 11.5 Å². The second-order valence-corrected chi connectivity index (χ2v) is 6.88. The molecule has 7 heteroatoms. The van der Waals surface area contributed by atoms with Gasteiger partial charge in [-0.1, -0.05) is 17.7 Å². The Balaban J connectivity index is 1.63. The van der Waals surface area contributed by atoms with Gasteiger partial charge in [0.25, 0.3) is 0 Å². The highest BCUT2D eigenvalue weighted by Crippen LogP contribution is 2.28. The number of hydrogen-bond donors (Lipinski definition) is 0. The van der Waals surface area contributed by atoms with Crippen LogP contribution in [0.1, 0.15) is 5.56 Å². The average Bonchev–Trinajstić information content (AvgIpc) is 2.74. The summed E-state index contributed by atoms with van der Waals surface area (Å²) < 4.78 is 5.38. The quantitative estimate of drug-likeness (QED) is 0.678. The minimum Gasteiger partial charge on any atom is -0.422 e. The van der Waals surface area contributed by atoms with Crippen molar-refractivity contribution in [3.8, 4) is 17.4 Å². The Morgan fingerprint density at radius 1 is 1.04 bits per heavy atom. The lowest BCUT2D eigenvalue weighted by molar-refractivity contribution is 0.521. The Bertz CT molecular complexity index is 1070. The average molecular weight is 393 g/mol. The van der Waals surface area contributed by atoms with Gasteiger partial charge in [-0.15, -0.1) is 0 Å². The third kappa shape index (κ3) is 3.57. The van der Waals surface area contributed by atoms with Crippen LogP contribution in [0.3, 0.4) is 0 Å². The summed E-state index contributed by atoms with van der Waals surface area (Å²) >= 11 is 5.94. The molecule has 6 nitrogen and oxygen atoms in total. The second kappa shape index (κ2) is 7.75. The molecule has 1 aliphatic heterocycles. The van der Waals surface area contributed by atoms with Gasteiger partial charge in [0.15, 0.2) is 5.56 Å². The van der Waals surface area contributed by atoms with Crippen molar-refractivity contribution in [3.05, 3.63) is 75.7 Å². The second-order valence-electron chi connectivity index (χ2n) is 6.44. The summed E-state index contributed by atoms with van der Waals surface area (Å²) in [6, 6.07) is 16.6. The SMILES string of the molecule is N#Cc1c(N2CCN(c3ccccn3)CC2)cc(-c2ccc(Cl)cc2)oc1=O. The number of anilines is 2. The molecule has 0 amide bonds. The normalized spacial score (nSPS) is 14.0. The van der Waals surface area contributed by atoms with Crippen molar-refractivity contribution in [2.24, 2.45) is 0 Å². The molecule has 2 aromatic heterocycles. The lowest BCUT2D eigenvalue weighted by atomic mass is 10.1. The van der Waals surface area contributed by atoms with Gasteiger partial charge in [0.05, 0.1) is 5.69 Å². The first-order chi connectivity index (χ1) is 13.7. The number of aromatic nitrogens is 1. The van der Waals surface area contributed by atoms with Crippen molar-refractivity contribution in [1.29, 1.82) is 5.26 Å². The van der Waals surface area contributed by atoms with Crippen LogP contribution in [0.5, 0.6) is 0 Å². The third-order valence-electron chi connectivity index (χ3n) is 4.76. The smallest absolute Gasteiger partial charge is 0.356 e. The van der Waals surface area contributed by atoms with Crippen LogP contribution in [0, 0.1) is 11.3 Å². The maximum absolute atomic E-state index is 12.4. The predicted molar refractivity (Wildman–Crippen MR) is 109 cm³/mol. The van der Waals surface area contributed by atoms with Crippen molar-refractivity contribution < 1.29 is 4.42 Å². The highest BCUT2D eigenvalue weighted by atomic mass is 35.5. The molecule has 140 valence electrons. The fourth-order valence-electron chi connectivity index (χ4n) is 3.31. The summed E-state index contributed by atoms with van der Waals surface area (Å²) in [5, 5.41) is 10.1. The number of benzene rings is 1. The van der Waals surface area contributed by atoms with E-state index in [0.717, 1.165) is 24.5 Å². The third-order valence-corrected chi connectivity index (χ3v) is 5.02. The van der Waals surface area contributed by atoms with Crippen molar-refractivity contribution in [3.63, 3.8) is 0 Å². The van der Waals surface area contributed by atoms with E-state index in [4.69, 9.17) is 16.0 Å². The van der Waals surface area contributed by atoms with Crippen LogP contribution in [-0.2, 0) is 0 Å². The molecule has 0 unspecified atom stereocenters. The van der Waals surface area contributed by atoms with Gasteiger partial charge in [-0.3, -0.25) is 0 Å². The molecule has 1 fully saturated rings. The van der Waals surface area contributed by atoms with E-state index in [9.17, 15) is 10.1 Å².